The Morgan fingerprint density at radius 2 is 1.79 bits per heavy atom. The molecule has 1 aliphatic heterocycles. The minimum atomic E-state index is -0.246. The molecule has 0 amide bonds. The molecule has 0 unspecified atom stereocenters. The molecule has 158 valence electrons. The number of hydrogen-bond donors (Lipinski definition) is 0. The molecule has 1 aromatic heterocycles. The molecular weight excluding hydrogens is 364 g/mol. The van der Waals surface area contributed by atoms with Gasteiger partial charge in [0.1, 0.15) is 6.61 Å². The molecule has 0 atom stereocenters. The van der Waals surface area contributed by atoms with Crippen molar-refractivity contribution in [3.05, 3.63) is 58.9 Å². The zero-order valence-corrected chi connectivity index (χ0v) is 18.2. The average molecular weight is 399 g/mol. The number of nitrogens with zero attached hydrogens (tertiary/aromatic N) is 2. The van der Waals surface area contributed by atoms with Gasteiger partial charge in [-0.3, -0.25) is 4.90 Å². The van der Waals surface area contributed by atoms with Crippen molar-refractivity contribution < 1.29 is 14.3 Å². The first-order valence-corrected chi connectivity index (χ1v) is 10.6. The lowest BCUT2D eigenvalue weighted by Gasteiger charge is -2.27. The van der Waals surface area contributed by atoms with Gasteiger partial charge in [0.2, 0.25) is 0 Å². The Hall–Kier alpha value is -2.11. The maximum absolute atomic E-state index is 12.8. The fourth-order valence-electron chi connectivity index (χ4n) is 3.84. The van der Waals surface area contributed by atoms with Crippen LogP contribution in [-0.2, 0) is 28.0 Å². The molecule has 5 nitrogen and oxygen atoms in total. The zero-order chi connectivity index (χ0) is 20.9. The van der Waals surface area contributed by atoms with Crippen molar-refractivity contribution in [2.75, 3.05) is 32.8 Å². The van der Waals surface area contributed by atoms with E-state index in [4.69, 9.17) is 9.47 Å². The van der Waals surface area contributed by atoms with Crippen molar-refractivity contribution in [1.29, 1.82) is 0 Å². The van der Waals surface area contributed by atoms with Crippen molar-refractivity contribution in [3.8, 4) is 0 Å². The Morgan fingerprint density at radius 1 is 1.10 bits per heavy atom. The van der Waals surface area contributed by atoms with Crippen LogP contribution in [0.15, 0.2) is 36.4 Å². The van der Waals surface area contributed by atoms with Crippen molar-refractivity contribution in [2.24, 2.45) is 0 Å². The highest BCUT2D eigenvalue weighted by Crippen LogP contribution is 2.28. The lowest BCUT2D eigenvalue weighted by atomic mass is 9.92. The quantitative estimate of drug-likeness (QED) is 0.657. The van der Waals surface area contributed by atoms with Crippen molar-refractivity contribution >= 4 is 5.97 Å². The highest BCUT2D eigenvalue weighted by molar-refractivity contribution is 5.91. The second-order valence-corrected chi connectivity index (χ2v) is 8.80. The fraction of sp³-hybridized carbons (Fsp3) is 0.542. The minimum Gasteiger partial charge on any atom is -0.457 e. The lowest BCUT2D eigenvalue weighted by molar-refractivity contribution is 0.0368. The van der Waals surface area contributed by atoms with Gasteiger partial charge in [0, 0.05) is 43.0 Å². The second-order valence-electron chi connectivity index (χ2n) is 8.80. The summed E-state index contributed by atoms with van der Waals surface area (Å²) in [6, 6.07) is 11.8. The van der Waals surface area contributed by atoms with Crippen LogP contribution in [0.5, 0.6) is 0 Å². The molecule has 0 saturated carbocycles. The van der Waals surface area contributed by atoms with Gasteiger partial charge in [-0.1, -0.05) is 51.1 Å². The summed E-state index contributed by atoms with van der Waals surface area (Å²) in [6.07, 6.45) is 1.05. The van der Waals surface area contributed by atoms with Crippen LogP contribution < -0.4 is 0 Å². The maximum atomic E-state index is 12.8. The third-order valence-electron chi connectivity index (χ3n) is 5.53. The van der Waals surface area contributed by atoms with Crippen LogP contribution in [0, 0.1) is 6.92 Å². The summed E-state index contributed by atoms with van der Waals surface area (Å²) in [7, 11) is 0. The molecule has 29 heavy (non-hydrogen) atoms. The Morgan fingerprint density at radius 3 is 2.45 bits per heavy atom. The van der Waals surface area contributed by atoms with Gasteiger partial charge in [-0.05, 0) is 25.0 Å². The third kappa shape index (κ3) is 5.71. The third-order valence-corrected chi connectivity index (χ3v) is 5.53. The first kappa shape index (κ1) is 21.6. The molecule has 1 aliphatic rings. The number of rotatable bonds is 7. The topological polar surface area (TPSA) is 43.7 Å². The minimum absolute atomic E-state index is 0.0400. The maximum Gasteiger partial charge on any atom is 0.340 e. The highest BCUT2D eigenvalue weighted by atomic mass is 16.5. The molecule has 0 aliphatic carbocycles. The molecule has 0 radical (unpaired) electrons. The van der Waals surface area contributed by atoms with Gasteiger partial charge in [0.05, 0.1) is 18.8 Å². The summed E-state index contributed by atoms with van der Waals surface area (Å²) in [5, 5.41) is 0. The Labute approximate surface area is 174 Å². The fourth-order valence-corrected chi connectivity index (χ4v) is 3.84. The first-order valence-electron chi connectivity index (χ1n) is 10.6. The molecule has 2 heterocycles. The summed E-state index contributed by atoms with van der Waals surface area (Å²) < 4.78 is 13.3. The van der Waals surface area contributed by atoms with Gasteiger partial charge >= 0.3 is 5.97 Å². The summed E-state index contributed by atoms with van der Waals surface area (Å²) in [5.41, 5.74) is 3.82. The van der Waals surface area contributed by atoms with Crippen molar-refractivity contribution in [1.82, 2.24) is 9.47 Å². The van der Waals surface area contributed by atoms with Crippen LogP contribution in [0.25, 0.3) is 0 Å². The van der Waals surface area contributed by atoms with E-state index in [9.17, 15) is 4.79 Å². The van der Waals surface area contributed by atoms with E-state index in [1.54, 1.807) is 0 Å². The van der Waals surface area contributed by atoms with Crippen molar-refractivity contribution in [2.45, 2.75) is 52.7 Å². The van der Waals surface area contributed by atoms with E-state index in [1.165, 1.54) is 5.69 Å². The first-order chi connectivity index (χ1) is 13.9. The van der Waals surface area contributed by atoms with Gasteiger partial charge in [-0.15, -0.1) is 0 Å². The predicted octanol–water partition coefficient (Wildman–Crippen LogP) is 4.17. The van der Waals surface area contributed by atoms with Crippen LogP contribution >= 0.6 is 0 Å². The Kier molecular flexibility index (Phi) is 7.14. The van der Waals surface area contributed by atoms with E-state index in [2.05, 4.69) is 30.2 Å². The van der Waals surface area contributed by atoms with E-state index < -0.39 is 0 Å². The normalized spacial score (nSPS) is 15.4. The average Bonchev–Trinajstić information content (AvgIpc) is 3.05. The van der Waals surface area contributed by atoms with Crippen LogP contribution in [0.4, 0.5) is 0 Å². The summed E-state index contributed by atoms with van der Waals surface area (Å²) in [4.78, 5) is 15.2. The van der Waals surface area contributed by atoms with Gasteiger partial charge in [0.25, 0.3) is 0 Å². The molecular formula is C24H34N2O3. The molecule has 0 spiro atoms. The number of carbonyl (C=O) groups excluding carboxylic acids is 1. The smallest absolute Gasteiger partial charge is 0.340 e. The monoisotopic (exact) mass is 398 g/mol. The molecule has 1 fully saturated rings. The summed E-state index contributed by atoms with van der Waals surface area (Å²) in [5.74, 6) is -0.246. The zero-order valence-electron chi connectivity index (χ0n) is 18.2. The number of aromatic nitrogens is 1. The number of ether oxygens (including phenoxy) is 2. The van der Waals surface area contributed by atoms with E-state index in [1.807, 2.05) is 43.3 Å². The van der Waals surface area contributed by atoms with E-state index in [0.29, 0.717) is 12.2 Å². The van der Waals surface area contributed by atoms with Crippen LogP contribution in [-0.4, -0.2) is 48.3 Å². The summed E-state index contributed by atoms with van der Waals surface area (Å²) in [6.45, 7) is 14.5. The van der Waals surface area contributed by atoms with Crippen LogP contribution in [0.1, 0.15) is 54.5 Å². The van der Waals surface area contributed by atoms with Gasteiger partial charge in [-0.25, -0.2) is 4.79 Å². The van der Waals surface area contributed by atoms with E-state index >= 15 is 0 Å². The Balaban J connectivity index is 1.69. The number of hydrogen-bond acceptors (Lipinski definition) is 4. The van der Waals surface area contributed by atoms with Crippen LogP contribution in [0.3, 0.4) is 0 Å². The van der Waals surface area contributed by atoms with E-state index in [0.717, 1.165) is 57.1 Å². The molecule has 2 aromatic rings. The summed E-state index contributed by atoms with van der Waals surface area (Å²) >= 11 is 0. The SMILES string of the molecule is Cc1c(C(=O)OCc2ccccc2)cc(C(C)(C)C)n1CCCN1CCOCC1. The highest BCUT2D eigenvalue weighted by Gasteiger charge is 2.25. The Bertz CT molecular complexity index is 800. The second kappa shape index (κ2) is 9.59. The molecule has 1 saturated heterocycles. The van der Waals surface area contributed by atoms with Crippen molar-refractivity contribution in [3.63, 3.8) is 0 Å². The molecule has 1 aromatic carbocycles. The molecule has 3 rings (SSSR count). The van der Waals surface area contributed by atoms with Gasteiger partial charge in [-0.2, -0.15) is 0 Å². The lowest BCUT2D eigenvalue weighted by Crippen LogP contribution is -2.37. The molecule has 5 heteroatoms. The number of esters is 1. The number of benzene rings is 1. The largest absolute Gasteiger partial charge is 0.457 e. The number of morpholine rings is 1. The van der Waals surface area contributed by atoms with Gasteiger partial charge < -0.3 is 14.0 Å². The van der Waals surface area contributed by atoms with Crippen LogP contribution in [0.2, 0.25) is 0 Å². The standard InChI is InChI=1S/C24H34N2O3/c1-19-21(23(27)29-18-20-9-6-5-7-10-20)17-22(24(2,3)4)26(19)12-8-11-25-13-15-28-16-14-25/h5-7,9-10,17H,8,11-16,18H2,1-4H3. The van der Waals surface area contributed by atoms with E-state index in [-0.39, 0.29) is 11.4 Å². The number of carbonyl (C=O) groups is 1. The molecule has 0 bridgehead atoms. The van der Waals surface area contributed by atoms with Gasteiger partial charge in [0.15, 0.2) is 0 Å². The predicted molar refractivity (Wildman–Crippen MR) is 115 cm³/mol. The molecule has 0 N–H and O–H groups in total.